The van der Waals surface area contributed by atoms with E-state index in [9.17, 15) is 23.1 Å². The fraction of sp³-hybridized carbons (Fsp3) is 0.500. The number of anilines is 1. The van der Waals surface area contributed by atoms with Gasteiger partial charge in [0.05, 0.1) is 10.8 Å². The standard InChI is InChI=1S/C16H22N2O5S/c1-3-15(19)17-13-4-6-14(7-5-13)24(22,23)18-9-11(2)8-12(10-18)16(20)21/h4-7,11-12H,3,8-10H2,1-2H3,(H,17,19)(H,20,21). The summed E-state index contributed by atoms with van der Waals surface area (Å²) in [6.07, 6.45) is 0.811. The van der Waals surface area contributed by atoms with Crippen LogP contribution in [0.2, 0.25) is 0 Å². The van der Waals surface area contributed by atoms with Gasteiger partial charge in [-0.1, -0.05) is 13.8 Å². The molecule has 0 spiro atoms. The highest BCUT2D eigenvalue weighted by Crippen LogP contribution is 2.27. The van der Waals surface area contributed by atoms with Crippen LogP contribution >= 0.6 is 0 Å². The number of sulfonamides is 1. The van der Waals surface area contributed by atoms with Crippen LogP contribution in [-0.2, 0) is 19.6 Å². The SMILES string of the molecule is CCC(=O)Nc1ccc(S(=O)(=O)N2CC(C)CC(C(=O)O)C2)cc1. The Balaban J connectivity index is 2.20. The zero-order chi connectivity index (χ0) is 17.9. The summed E-state index contributed by atoms with van der Waals surface area (Å²) in [7, 11) is -3.75. The molecule has 2 rings (SSSR count). The maximum absolute atomic E-state index is 12.7. The smallest absolute Gasteiger partial charge is 0.307 e. The van der Waals surface area contributed by atoms with Gasteiger partial charge in [0, 0.05) is 25.2 Å². The molecule has 1 heterocycles. The van der Waals surface area contributed by atoms with E-state index in [2.05, 4.69) is 5.32 Å². The number of nitrogens with one attached hydrogen (secondary N) is 1. The lowest BCUT2D eigenvalue weighted by Crippen LogP contribution is -2.45. The number of piperidine rings is 1. The molecule has 1 amide bonds. The predicted octanol–water partition coefficient (Wildman–Crippen LogP) is 1.77. The molecule has 2 N–H and O–H groups in total. The van der Waals surface area contributed by atoms with Crippen LogP contribution in [0.1, 0.15) is 26.7 Å². The van der Waals surface area contributed by atoms with Crippen molar-refractivity contribution in [2.45, 2.75) is 31.6 Å². The number of amides is 1. The summed E-state index contributed by atoms with van der Waals surface area (Å²) in [6.45, 7) is 3.86. The van der Waals surface area contributed by atoms with Gasteiger partial charge in [-0.15, -0.1) is 0 Å². The van der Waals surface area contributed by atoms with Crippen molar-refractivity contribution in [1.82, 2.24) is 4.31 Å². The van der Waals surface area contributed by atoms with Gasteiger partial charge in [0.15, 0.2) is 0 Å². The first-order chi connectivity index (χ1) is 11.2. The Morgan fingerprint density at radius 1 is 1.25 bits per heavy atom. The number of aliphatic carboxylic acids is 1. The number of carbonyl (C=O) groups excluding carboxylic acids is 1. The van der Waals surface area contributed by atoms with Crippen LogP contribution in [0.5, 0.6) is 0 Å². The molecule has 0 aliphatic carbocycles. The van der Waals surface area contributed by atoms with Gasteiger partial charge in [-0.2, -0.15) is 4.31 Å². The number of nitrogens with zero attached hydrogens (tertiary/aromatic N) is 1. The molecule has 2 atom stereocenters. The van der Waals surface area contributed by atoms with Crippen LogP contribution in [0.25, 0.3) is 0 Å². The molecule has 1 aromatic rings. The average Bonchev–Trinajstić information content (AvgIpc) is 2.54. The monoisotopic (exact) mass is 354 g/mol. The minimum Gasteiger partial charge on any atom is -0.481 e. The highest BCUT2D eigenvalue weighted by Gasteiger charge is 2.36. The van der Waals surface area contributed by atoms with Gasteiger partial charge in [0.2, 0.25) is 15.9 Å². The fourth-order valence-corrected chi connectivity index (χ4v) is 4.39. The van der Waals surface area contributed by atoms with E-state index in [4.69, 9.17) is 0 Å². The zero-order valence-corrected chi connectivity index (χ0v) is 14.5. The molecule has 1 saturated heterocycles. The van der Waals surface area contributed by atoms with Gasteiger partial charge in [-0.25, -0.2) is 8.42 Å². The normalized spacial score (nSPS) is 22.1. The molecule has 1 fully saturated rings. The Morgan fingerprint density at radius 2 is 1.88 bits per heavy atom. The van der Waals surface area contributed by atoms with Gasteiger partial charge in [0.1, 0.15) is 0 Å². The van der Waals surface area contributed by atoms with E-state index in [0.717, 1.165) is 0 Å². The van der Waals surface area contributed by atoms with E-state index in [1.165, 1.54) is 28.6 Å². The van der Waals surface area contributed by atoms with E-state index in [0.29, 0.717) is 25.1 Å². The fourth-order valence-electron chi connectivity index (χ4n) is 2.79. The summed E-state index contributed by atoms with van der Waals surface area (Å²) in [5.74, 6) is -1.83. The molecular formula is C16H22N2O5S. The lowest BCUT2D eigenvalue weighted by molar-refractivity contribution is -0.143. The lowest BCUT2D eigenvalue weighted by atomic mass is 9.92. The van der Waals surface area contributed by atoms with E-state index in [-0.39, 0.29) is 23.3 Å². The van der Waals surface area contributed by atoms with Crippen molar-refractivity contribution in [3.05, 3.63) is 24.3 Å². The van der Waals surface area contributed by atoms with Crippen LogP contribution in [0.15, 0.2) is 29.2 Å². The largest absolute Gasteiger partial charge is 0.481 e. The maximum atomic E-state index is 12.7. The Bertz CT molecular complexity index is 714. The highest BCUT2D eigenvalue weighted by molar-refractivity contribution is 7.89. The molecule has 0 bridgehead atoms. The van der Waals surface area contributed by atoms with Crippen LogP contribution in [-0.4, -0.2) is 42.8 Å². The van der Waals surface area contributed by atoms with Crippen molar-refractivity contribution in [1.29, 1.82) is 0 Å². The second-order valence-electron chi connectivity index (χ2n) is 6.12. The van der Waals surface area contributed by atoms with E-state index in [1.807, 2.05) is 6.92 Å². The molecule has 24 heavy (non-hydrogen) atoms. The Hall–Kier alpha value is -1.93. The van der Waals surface area contributed by atoms with Crippen molar-refractivity contribution in [2.75, 3.05) is 18.4 Å². The molecule has 7 nitrogen and oxygen atoms in total. The molecule has 8 heteroatoms. The number of carboxylic acids is 1. The van der Waals surface area contributed by atoms with Crippen LogP contribution in [0, 0.1) is 11.8 Å². The zero-order valence-electron chi connectivity index (χ0n) is 13.7. The number of rotatable bonds is 5. The third-order valence-corrected chi connectivity index (χ3v) is 5.92. The quantitative estimate of drug-likeness (QED) is 0.838. The van der Waals surface area contributed by atoms with Crippen LogP contribution < -0.4 is 5.32 Å². The Kier molecular flexibility index (Phi) is 5.61. The first-order valence-electron chi connectivity index (χ1n) is 7.87. The second kappa shape index (κ2) is 7.31. The number of hydrogen-bond acceptors (Lipinski definition) is 4. The summed E-state index contributed by atoms with van der Waals surface area (Å²) in [4.78, 5) is 22.7. The van der Waals surface area contributed by atoms with Gasteiger partial charge < -0.3 is 10.4 Å². The molecule has 1 aliphatic rings. The summed E-state index contributed by atoms with van der Waals surface area (Å²) in [6, 6.07) is 5.91. The number of benzene rings is 1. The van der Waals surface area contributed by atoms with Crippen molar-refractivity contribution in [3.8, 4) is 0 Å². The highest BCUT2D eigenvalue weighted by atomic mass is 32.2. The van der Waals surface area contributed by atoms with Gasteiger partial charge in [-0.3, -0.25) is 9.59 Å². The minimum atomic E-state index is -3.75. The third kappa shape index (κ3) is 4.12. The number of hydrogen-bond donors (Lipinski definition) is 2. The van der Waals surface area contributed by atoms with Crippen molar-refractivity contribution < 1.29 is 23.1 Å². The number of carboxylic acid groups (broad SMARTS) is 1. The van der Waals surface area contributed by atoms with Crippen LogP contribution in [0.3, 0.4) is 0 Å². The molecule has 1 aromatic carbocycles. The predicted molar refractivity (Wildman–Crippen MR) is 89.0 cm³/mol. The number of carbonyl (C=O) groups is 2. The van der Waals surface area contributed by atoms with Crippen molar-refractivity contribution in [3.63, 3.8) is 0 Å². The van der Waals surface area contributed by atoms with Gasteiger partial charge >= 0.3 is 5.97 Å². The first-order valence-corrected chi connectivity index (χ1v) is 9.31. The Morgan fingerprint density at radius 3 is 2.42 bits per heavy atom. The molecule has 132 valence electrons. The molecule has 2 unspecified atom stereocenters. The van der Waals surface area contributed by atoms with E-state index >= 15 is 0 Å². The van der Waals surface area contributed by atoms with Gasteiger partial charge in [0.25, 0.3) is 0 Å². The molecule has 0 saturated carbocycles. The average molecular weight is 354 g/mol. The Labute approximate surface area is 141 Å². The summed E-state index contributed by atoms with van der Waals surface area (Å²) in [5, 5.41) is 11.8. The lowest BCUT2D eigenvalue weighted by Gasteiger charge is -2.33. The molecule has 0 radical (unpaired) electrons. The topological polar surface area (TPSA) is 104 Å². The van der Waals surface area contributed by atoms with Gasteiger partial charge in [-0.05, 0) is 36.6 Å². The van der Waals surface area contributed by atoms with Crippen molar-refractivity contribution in [2.24, 2.45) is 11.8 Å². The third-order valence-electron chi connectivity index (χ3n) is 4.07. The van der Waals surface area contributed by atoms with Crippen molar-refractivity contribution >= 4 is 27.6 Å². The first kappa shape index (κ1) is 18.4. The maximum Gasteiger partial charge on any atom is 0.307 e. The molecule has 1 aliphatic heterocycles. The minimum absolute atomic E-state index is 0.0160. The summed E-state index contributed by atoms with van der Waals surface area (Å²) >= 11 is 0. The molecular weight excluding hydrogens is 332 g/mol. The van der Waals surface area contributed by atoms with Crippen LogP contribution in [0.4, 0.5) is 5.69 Å². The summed E-state index contributed by atoms with van der Waals surface area (Å²) in [5.41, 5.74) is 0.524. The van der Waals surface area contributed by atoms with E-state index in [1.54, 1.807) is 6.92 Å². The summed E-state index contributed by atoms with van der Waals surface area (Å²) < 4.78 is 26.7. The second-order valence-corrected chi connectivity index (χ2v) is 8.06. The van der Waals surface area contributed by atoms with E-state index < -0.39 is 21.9 Å². The molecule has 0 aromatic heterocycles.